The van der Waals surface area contributed by atoms with Crippen LogP contribution in [0, 0.1) is 17.8 Å². The van der Waals surface area contributed by atoms with Crippen molar-refractivity contribution in [2.24, 2.45) is 17.8 Å². The van der Waals surface area contributed by atoms with Gasteiger partial charge in [0.05, 0.1) is 13.2 Å². The number of allylic oxidation sites excluding steroid dienone is 3. The fourth-order valence-electron chi connectivity index (χ4n) is 3.68. The smallest absolute Gasteiger partial charge is 0.191 e. The van der Waals surface area contributed by atoms with Gasteiger partial charge in [-0.05, 0) is 61.2 Å². The SMILES string of the molecule is CCC[C@H]1C=C[C@H](CCCO[Si](C)(C)C(C)(C)C)C/C=C2/COC[C@H]21. The number of hydrogen-bond acceptors (Lipinski definition) is 2. The molecule has 2 nitrogen and oxygen atoms in total. The summed E-state index contributed by atoms with van der Waals surface area (Å²) in [5.41, 5.74) is 1.56. The van der Waals surface area contributed by atoms with E-state index in [1.54, 1.807) is 5.57 Å². The van der Waals surface area contributed by atoms with Crippen molar-refractivity contribution in [2.75, 3.05) is 19.8 Å². The van der Waals surface area contributed by atoms with E-state index in [-0.39, 0.29) is 0 Å². The van der Waals surface area contributed by atoms with Gasteiger partial charge in [0.1, 0.15) is 0 Å². The second kappa shape index (κ2) is 9.01. The second-order valence-corrected chi connectivity index (χ2v) is 14.3. The maximum Gasteiger partial charge on any atom is 0.191 e. The highest BCUT2D eigenvalue weighted by Gasteiger charge is 2.36. The van der Waals surface area contributed by atoms with Crippen LogP contribution in [0.2, 0.25) is 18.1 Å². The Bertz CT molecular complexity index is 473. The van der Waals surface area contributed by atoms with E-state index in [9.17, 15) is 0 Å². The molecule has 1 saturated heterocycles. The zero-order chi connectivity index (χ0) is 18.5. The highest BCUT2D eigenvalue weighted by atomic mass is 28.4. The fourth-order valence-corrected chi connectivity index (χ4v) is 4.76. The quantitative estimate of drug-likeness (QED) is 0.297. The van der Waals surface area contributed by atoms with Gasteiger partial charge in [0.15, 0.2) is 8.32 Å². The number of fused-ring (bicyclic) bond motifs is 1. The zero-order valence-corrected chi connectivity index (χ0v) is 18.4. The maximum atomic E-state index is 6.35. The van der Waals surface area contributed by atoms with Crippen LogP contribution >= 0.6 is 0 Å². The first-order chi connectivity index (χ1) is 11.7. The first-order valence-electron chi connectivity index (χ1n) is 10.3. The molecule has 0 unspecified atom stereocenters. The third kappa shape index (κ3) is 5.80. The van der Waals surface area contributed by atoms with Crippen molar-refractivity contribution >= 4 is 8.32 Å². The van der Waals surface area contributed by atoms with E-state index in [4.69, 9.17) is 9.16 Å². The highest BCUT2D eigenvalue weighted by Crippen LogP contribution is 2.37. The average molecular weight is 365 g/mol. The second-order valence-electron chi connectivity index (χ2n) is 9.48. The van der Waals surface area contributed by atoms with Crippen molar-refractivity contribution in [1.82, 2.24) is 0 Å². The lowest BCUT2D eigenvalue weighted by atomic mass is 9.80. The van der Waals surface area contributed by atoms with Crippen molar-refractivity contribution in [3.8, 4) is 0 Å². The lowest BCUT2D eigenvalue weighted by Crippen LogP contribution is -2.41. The van der Waals surface area contributed by atoms with Gasteiger partial charge < -0.3 is 9.16 Å². The summed E-state index contributed by atoms with van der Waals surface area (Å²) < 4.78 is 12.1. The van der Waals surface area contributed by atoms with Crippen LogP contribution in [0.15, 0.2) is 23.8 Å². The molecule has 1 aliphatic carbocycles. The van der Waals surface area contributed by atoms with Crippen LogP contribution in [0.3, 0.4) is 0 Å². The molecule has 25 heavy (non-hydrogen) atoms. The van der Waals surface area contributed by atoms with Gasteiger partial charge in [-0.25, -0.2) is 0 Å². The molecule has 0 amide bonds. The Morgan fingerprint density at radius 2 is 1.96 bits per heavy atom. The molecule has 1 heterocycles. The van der Waals surface area contributed by atoms with Gasteiger partial charge in [0.25, 0.3) is 0 Å². The molecule has 2 aliphatic rings. The summed E-state index contributed by atoms with van der Waals surface area (Å²) in [5.74, 6) is 1.97. The summed E-state index contributed by atoms with van der Waals surface area (Å²) in [7, 11) is -1.60. The van der Waals surface area contributed by atoms with Crippen LogP contribution in [0.25, 0.3) is 0 Å². The molecule has 0 radical (unpaired) electrons. The molecule has 2 rings (SSSR count). The van der Waals surface area contributed by atoms with Crippen LogP contribution < -0.4 is 0 Å². The molecule has 0 spiro atoms. The zero-order valence-electron chi connectivity index (χ0n) is 17.4. The fraction of sp³-hybridized carbons (Fsp3) is 0.818. The Hall–Kier alpha value is -0.383. The minimum Gasteiger partial charge on any atom is -0.417 e. The normalized spacial score (nSPS) is 29.7. The lowest BCUT2D eigenvalue weighted by Gasteiger charge is -2.36. The summed E-state index contributed by atoms with van der Waals surface area (Å²) in [4.78, 5) is 0. The van der Waals surface area contributed by atoms with Gasteiger partial charge in [0.2, 0.25) is 0 Å². The van der Waals surface area contributed by atoms with E-state index < -0.39 is 8.32 Å². The minimum atomic E-state index is -1.60. The molecule has 3 atom stereocenters. The third-order valence-electron chi connectivity index (χ3n) is 6.48. The van der Waals surface area contributed by atoms with Gasteiger partial charge >= 0.3 is 0 Å². The van der Waals surface area contributed by atoms with Gasteiger partial charge in [-0.1, -0.05) is 52.3 Å². The molecule has 0 aromatic carbocycles. The summed E-state index contributed by atoms with van der Waals surface area (Å²) in [6.45, 7) is 16.6. The third-order valence-corrected chi connectivity index (χ3v) is 11.0. The molecule has 0 saturated carbocycles. The highest BCUT2D eigenvalue weighted by molar-refractivity contribution is 6.74. The van der Waals surface area contributed by atoms with E-state index in [0.29, 0.717) is 22.8 Å². The van der Waals surface area contributed by atoms with Crippen molar-refractivity contribution in [3.05, 3.63) is 23.8 Å². The van der Waals surface area contributed by atoms with E-state index >= 15 is 0 Å². The van der Waals surface area contributed by atoms with E-state index in [2.05, 4.69) is 59.0 Å². The van der Waals surface area contributed by atoms with Crippen LogP contribution in [0.5, 0.6) is 0 Å². The summed E-state index contributed by atoms with van der Waals surface area (Å²) in [6.07, 6.45) is 13.6. The Morgan fingerprint density at radius 3 is 2.64 bits per heavy atom. The summed E-state index contributed by atoms with van der Waals surface area (Å²) in [5, 5.41) is 0.308. The first kappa shape index (κ1) is 20.9. The van der Waals surface area contributed by atoms with Crippen LogP contribution in [0.4, 0.5) is 0 Å². The largest absolute Gasteiger partial charge is 0.417 e. The molecule has 1 fully saturated rings. The van der Waals surface area contributed by atoms with Crippen LogP contribution in [0.1, 0.15) is 59.8 Å². The number of rotatable bonds is 7. The Morgan fingerprint density at radius 1 is 1.20 bits per heavy atom. The van der Waals surface area contributed by atoms with E-state index in [1.165, 1.54) is 32.1 Å². The predicted molar refractivity (Wildman–Crippen MR) is 110 cm³/mol. The van der Waals surface area contributed by atoms with E-state index in [1.807, 2.05) is 0 Å². The number of hydrogen-bond donors (Lipinski definition) is 0. The van der Waals surface area contributed by atoms with E-state index in [0.717, 1.165) is 19.8 Å². The Labute approximate surface area is 157 Å². The average Bonchev–Trinajstić information content (AvgIpc) is 2.96. The Balaban J connectivity index is 1.86. The van der Waals surface area contributed by atoms with Gasteiger partial charge in [-0.15, -0.1) is 0 Å². The minimum absolute atomic E-state index is 0.308. The molecule has 0 aromatic heterocycles. The molecule has 0 aromatic rings. The summed E-state index contributed by atoms with van der Waals surface area (Å²) in [6, 6.07) is 0. The molecule has 144 valence electrons. The molecular formula is C22H40O2Si. The van der Waals surface area contributed by atoms with Gasteiger partial charge in [-0.2, -0.15) is 0 Å². The topological polar surface area (TPSA) is 18.5 Å². The molecule has 3 heteroatoms. The van der Waals surface area contributed by atoms with Gasteiger partial charge in [0, 0.05) is 12.5 Å². The molecular weight excluding hydrogens is 324 g/mol. The number of ether oxygens (including phenoxy) is 1. The maximum absolute atomic E-state index is 6.35. The van der Waals surface area contributed by atoms with Crippen molar-refractivity contribution < 1.29 is 9.16 Å². The molecule has 1 aliphatic heterocycles. The lowest BCUT2D eigenvalue weighted by molar-refractivity contribution is 0.177. The van der Waals surface area contributed by atoms with Gasteiger partial charge in [-0.3, -0.25) is 0 Å². The predicted octanol–water partition coefficient (Wildman–Crippen LogP) is 6.35. The van der Waals surface area contributed by atoms with Crippen LogP contribution in [-0.4, -0.2) is 28.1 Å². The first-order valence-corrected chi connectivity index (χ1v) is 13.2. The Kier molecular flexibility index (Phi) is 7.54. The van der Waals surface area contributed by atoms with Crippen LogP contribution in [-0.2, 0) is 9.16 Å². The van der Waals surface area contributed by atoms with Crippen molar-refractivity contribution in [1.29, 1.82) is 0 Å². The standard InChI is InChI=1S/C22H40O2Si/c1-7-9-19-13-11-18(12-14-20-16-23-17-21(19)20)10-8-15-24-25(5,6)22(2,3)4/h11,13-14,18-19,21H,7-10,12,15-17H2,1-6H3/b13-11?,20-14-/t18-,19-,21-/m0/s1. The summed E-state index contributed by atoms with van der Waals surface area (Å²) >= 11 is 0. The monoisotopic (exact) mass is 364 g/mol. The van der Waals surface area contributed by atoms with Crippen molar-refractivity contribution in [3.63, 3.8) is 0 Å². The molecule has 0 N–H and O–H groups in total. The van der Waals surface area contributed by atoms with Crippen molar-refractivity contribution in [2.45, 2.75) is 77.9 Å². The molecule has 0 bridgehead atoms.